The van der Waals surface area contributed by atoms with Crippen LogP contribution in [0.4, 0.5) is 0 Å². The number of hydrogen-bond donors (Lipinski definition) is 2. The minimum Gasteiger partial charge on any atom is -0.472 e. The largest absolute Gasteiger partial charge is 0.472 e. The van der Waals surface area contributed by atoms with E-state index in [0.29, 0.717) is 41.6 Å². The van der Waals surface area contributed by atoms with E-state index in [1.54, 1.807) is 19.1 Å². The van der Waals surface area contributed by atoms with Gasteiger partial charge in [-0.15, -0.1) is 0 Å². The second-order valence-electron chi connectivity index (χ2n) is 10.9. The summed E-state index contributed by atoms with van der Waals surface area (Å²) in [6.07, 6.45) is 7.73. The molecule has 2 atom stereocenters. The number of benzene rings is 2. The number of fused-ring (bicyclic) bond motifs is 1. The molecule has 2 heterocycles. The molecule has 1 aromatic heterocycles. The van der Waals surface area contributed by atoms with Gasteiger partial charge >= 0.3 is 0 Å². The fraction of sp³-hybridized carbons (Fsp3) is 0.323. The molecule has 0 amide bonds. The third-order valence-corrected chi connectivity index (χ3v) is 9.82. The number of para-hydroxylation sites is 1. The summed E-state index contributed by atoms with van der Waals surface area (Å²) in [5.41, 5.74) is 10.4. The lowest BCUT2D eigenvalue weighted by Gasteiger charge is -2.36. The number of ether oxygens (including phenoxy) is 1. The number of rotatable bonds is 8. The van der Waals surface area contributed by atoms with Gasteiger partial charge in [0, 0.05) is 23.5 Å². The molecule has 2 aliphatic rings. The molecule has 0 saturated carbocycles. The van der Waals surface area contributed by atoms with Gasteiger partial charge in [0.15, 0.2) is 0 Å². The van der Waals surface area contributed by atoms with Crippen molar-refractivity contribution in [1.82, 2.24) is 9.88 Å². The first-order chi connectivity index (χ1) is 18.6. The Labute approximate surface area is 230 Å². The van der Waals surface area contributed by atoms with Crippen molar-refractivity contribution in [3.8, 4) is 0 Å². The van der Waals surface area contributed by atoms with Crippen molar-refractivity contribution in [3.05, 3.63) is 102 Å². The minimum absolute atomic E-state index is 0.128. The third-order valence-electron chi connectivity index (χ3n) is 7.44. The molecule has 3 N–H and O–H groups in total. The van der Waals surface area contributed by atoms with Crippen LogP contribution in [0.2, 0.25) is 0 Å². The maximum atomic E-state index is 14.3. The number of allylic oxidation sites excluding steroid dienone is 4. The van der Waals surface area contributed by atoms with E-state index in [1.165, 1.54) is 0 Å². The van der Waals surface area contributed by atoms with Crippen LogP contribution in [0.25, 0.3) is 10.9 Å². The van der Waals surface area contributed by atoms with Gasteiger partial charge in [-0.25, -0.2) is 13.4 Å². The Bertz CT molecular complexity index is 1600. The SMILES string of the molecule is CC(C)CC1=C(OCc2ccccc2)N=C(c2c(S(=O)(=O)C3(C)C=CC=CC3)[nH]c3ccccc23)C(N)N1C. The highest BCUT2D eigenvalue weighted by atomic mass is 32.2. The van der Waals surface area contributed by atoms with Crippen LogP contribution in [-0.4, -0.2) is 42.0 Å². The van der Waals surface area contributed by atoms with Crippen LogP contribution >= 0.6 is 0 Å². The molecule has 2 unspecified atom stereocenters. The zero-order chi connectivity index (χ0) is 27.8. The molecule has 1 aliphatic heterocycles. The van der Waals surface area contributed by atoms with E-state index in [9.17, 15) is 8.42 Å². The average molecular weight is 545 g/mol. The van der Waals surface area contributed by atoms with Gasteiger partial charge < -0.3 is 20.4 Å². The molecule has 0 radical (unpaired) electrons. The topological polar surface area (TPSA) is 101 Å². The van der Waals surface area contributed by atoms with Crippen LogP contribution in [-0.2, 0) is 21.2 Å². The van der Waals surface area contributed by atoms with Crippen molar-refractivity contribution >= 4 is 26.5 Å². The Balaban J connectivity index is 1.69. The summed E-state index contributed by atoms with van der Waals surface area (Å²) in [5, 5.41) is 0.885. The Morgan fingerprint density at radius 3 is 2.54 bits per heavy atom. The van der Waals surface area contributed by atoms with Crippen molar-refractivity contribution in [2.45, 2.75) is 56.2 Å². The molecular formula is C31H36N4O3S. The van der Waals surface area contributed by atoms with Gasteiger partial charge in [-0.05, 0) is 37.3 Å². The highest BCUT2D eigenvalue weighted by Crippen LogP contribution is 2.39. The van der Waals surface area contributed by atoms with Crippen molar-refractivity contribution in [2.75, 3.05) is 7.05 Å². The Hall–Kier alpha value is -3.62. The number of likely N-dealkylation sites (N-methyl/N-ethyl adjacent to an activating group) is 1. The summed E-state index contributed by atoms with van der Waals surface area (Å²) < 4.78 is 33.7. The van der Waals surface area contributed by atoms with Crippen molar-refractivity contribution in [1.29, 1.82) is 0 Å². The van der Waals surface area contributed by atoms with Crippen molar-refractivity contribution in [2.24, 2.45) is 16.6 Å². The fourth-order valence-corrected chi connectivity index (χ4v) is 6.89. The molecular weight excluding hydrogens is 508 g/mol. The Morgan fingerprint density at radius 1 is 1.13 bits per heavy atom. The van der Waals surface area contributed by atoms with E-state index in [0.717, 1.165) is 23.1 Å². The summed E-state index contributed by atoms with van der Waals surface area (Å²) >= 11 is 0. The number of H-pyrrole nitrogens is 1. The maximum absolute atomic E-state index is 14.3. The van der Waals surface area contributed by atoms with Crippen LogP contribution in [0.5, 0.6) is 0 Å². The fourth-order valence-electron chi connectivity index (χ4n) is 5.12. The standard InChI is InChI=1S/C31H36N4O3S/c1-21(2)19-25-29(38-20-22-13-7-5-8-14-22)34-27(28(32)35(25)4)26-23-15-9-10-16-24(23)33-30(26)39(36,37)31(3)17-11-6-12-18-31/h5-17,21,28,33H,18-20,32H2,1-4H3. The molecule has 39 heavy (non-hydrogen) atoms. The van der Waals surface area contributed by atoms with E-state index in [-0.39, 0.29) is 5.03 Å². The van der Waals surface area contributed by atoms with Crippen molar-refractivity contribution < 1.29 is 13.2 Å². The van der Waals surface area contributed by atoms with Crippen LogP contribution < -0.4 is 5.73 Å². The van der Waals surface area contributed by atoms with Gasteiger partial charge in [-0.1, -0.05) is 86.7 Å². The first kappa shape index (κ1) is 27.0. The minimum atomic E-state index is -3.85. The average Bonchev–Trinajstić information content (AvgIpc) is 3.32. The Kier molecular flexibility index (Phi) is 7.27. The van der Waals surface area contributed by atoms with Gasteiger partial charge in [0.25, 0.3) is 0 Å². The summed E-state index contributed by atoms with van der Waals surface area (Å²) in [6, 6.07) is 17.5. The van der Waals surface area contributed by atoms with E-state index < -0.39 is 20.8 Å². The molecule has 7 nitrogen and oxygen atoms in total. The van der Waals surface area contributed by atoms with E-state index in [1.807, 2.05) is 78.7 Å². The number of nitrogens with zero attached hydrogens (tertiary/aromatic N) is 2. The molecule has 0 fully saturated rings. The van der Waals surface area contributed by atoms with Gasteiger partial charge in [-0.3, -0.25) is 0 Å². The van der Waals surface area contributed by atoms with E-state index in [2.05, 4.69) is 18.8 Å². The molecule has 5 rings (SSSR count). The lowest BCUT2D eigenvalue weighted by atomic mass is 10.0. The van der Waals surface area contributed by atoms with Crippen LogP contribution in [0.1, 0.15) is 44.7 Å². The summed E-state index contributed by atoms with van der Waals surface area (Å²) in [5.74, 6) is 0.809. The van der Waals surface area contributed by atoms with Gasteiger partial charge in [0.1, 0.15) is 17.8 Å². The molecule has 8 heteroatoms. The van der Waals surface area contributed by atoms with Crippen LogP contribution in [0.3, 0.4) is 0 Å². The smallest absolute Gasteiger partial charge is 0.233 e. The molecule has 204 valence electrons. The maximum Gasteiger partial charge on any atom is 0.233 e. The lowest BCUT2D eigenvalue weighted by molar-refractivity contribution is 0.171. The number of aromatic amines is 1. The molecule has 0 bridgehead atoms. The predicted octanol–water partition coefficient (Wildman–Crippen LogP) is 5.67. The molecule has 3 aromatic rings. The highest BCUT2D eigenvalue weighted by molar-refractivity contribution is 7.93. The number of sulfone groups is 1. The number of aliphatic imine (C=N–C) groups is 1. The van der Waals surface area contributed by atoms with E-state index in [4.69, 9.17) is 15.5 Å². The third kappa shape index (κ3) is 4.94. The van der Waals surface area contributed by atoms with E-state index >= 15 is 0 Å². The zero-order valence-electron chi connectivity index (χ0n) is 22.9. The summed E-state index contributed by atoms with van der Waals surface area (Å²) in [4.78, 5) is 10.2. The number of hydrogen-bond acceptors (Lipinski definition) is 6. The van der Waals surface area contributed by atoms with Crippen molar-refractivity contribution in [3.63, 3.8) is 0 Å². The first-order valence-electron chi connectivity index (χ1n) is 13.3. The van der Waals surface area contributed by atoms with Gasteiger partial charge in [0.2, 0.25) is 15.7 Å². The molecule has 1 aliphatic carbocycles. The molecule has 0 spiro atoms. The van der Waals surface area contributed by atoms with Gasteiger partial charge in [-0.2, -0.15) is 0 Å². The second kappa shape index (κ2) is 10.5. The molecule has 2 aromatic carbocycles. The zero-order valence-corrected chi connectivity index (χ0v) is 23.7. The second-order valence-corrected chi connectivity index (χ2v) is 13.2. The number of nitrogens with two attached hydrogens (primary N) is 1. The number of nitrogens with one attached hydrogen (secondary N) is 1. The molecule has 0 saturated heterocycles. The summed E-state index contributed by atoms with van der Waals surface area (Å²) in [7, 11) is -1.94. The van der Waals surface area contributed by atoms with Crippen LogP contribution in [0.15, 0.2) is 100 Å². The lowest BCUT2D eigenvalue weighted by Crippen LogP contribution is -2.49. The van der Waals surface area contributed by atoms with Gasteiger partial charge in [0.05, 0.1) is 16.2 Å². The monoisotopic (exact) mass is 544 g/mol. The normalized spacial score (nSPS) is 21.6. The van der Waals surface area contributed by atoms with Crippen LogP contribution in [0, 0.1) is 5.92 Å². The quantitative estimate of drug-likeness (QED) is 0.381. The predicted molar refractivity (Wildman–Crippen MR) is 157 cm³/mol. The Morgan fingerprint density at radius 2 is 1.85 bits per heavy atom. The first-order valence-corrected chi connectivity index (χ1v) is 14.8. The number of aromatic nitrogens is 1. The highest BCUT2D eigenvalue weighted by Gasteiger charge is 2.43. The summed E-state index contributed by atoms with van der Waals surface area (Å²) in [6.45, 7) is 6.36.